The Morgan fingerprint density at radius 2 is 0.606 bits per heavy atom. The molecule has 404 valence electrons. The Morgan fingerprint density at radius 3 is 0.972 bits per heavy atom. The molecule has 2 heteroatoms. The first-order valence-corrected chi connectivity index (χ1v) is 32.0. The summed E-state index contributed by atoms with van der Waals surface area (Å²) < 4.78 is 0. The molecule has 0 radical (unpaired) electrons. The maximum Gasteiger partial charge on any atom is 0.135 e. The smallest absolute Gasteiger partial charge is 0.135 e. The maximum absolute atomic E-state index is 5.50. The van der Waals surface area contributed by atoms with Gasteiger partial charge < -0.3 is 0 Å². The van der Waals surface area contributed by atoms with Crippen LogP contribution in [0.5, 0.6) is 0 Å². The van der Waals surface area contributed by atoms with E-state index in [9.17, 15) is 0 Å². The van der Waals surface area contributed by atoms with Crippen molar-refractivity contribution >= 4 is 22.8 Å². The van der Waals surface area contributed by atoms with Gasteiger partial charge >= 0.3 is 0 Å². The molecule has 2 aromatic carbocycles. The Hall–Kier alpha value is -2.66. The van der Waals surface area contributed by atoms with Crippen molar-refractivity contribution in [3.05, 3.63) is 58.7 Å². The van der Waals surface area contributed by atoms with E-state index >= 15 is 0 Å². The minimum absolute atomic E-state index is 0.897. The van der Waals surface area contributed by atoms with E-state index in [1.54, 1.807) is 0 Å². The summed E-state index contributed by atoms with van der Waals surface area (Å²) in [4.78, 5) is 11.0. The second-order valence-corrected chi connectivity index (χ2v) is 22.1. The van der Waals surface area contributed by atoms with Crippen LogP contribution in [0.25, 0.3) is 0 Å². The summed E-state index contributed by atoms with van der Waals surface area (Å²) in [5, 5.41) is 0. The number of nitrogens with zero attached hydrogens (tertiary/aromatic N) is 2. The van der Waals surface area contributed by atoms with E-state index in [0.717, 1.165) is 54.9 Å². The predicted molar refractivity (Wildman–Crippen MR) is 322 cm³/mol. The van der Waals surface area contributed by atoms with Gasteiger partial charge in [-0.1, -0.05) is 284 Å². The lowest BCUT2D eigenvalue weighted by atomic mass is 9.96. The Labute approximate surface area is 444 Å². The molecule has 0 aliphatic rings. The third-order valence-electron chi connectivity index (χ3n) is 15.2. The van der Waals surface area contributed by atoms with E-state index < -0.39 is 0 Å². The second-order valence-electron chi connectivity index (χ2n) is 22.1. The van der Waals surface area contributed by atoms with Crippen molar-refractivity contribution in [2.45, 2.75) is 343 Å². The number of aryl methyl sites for hydroxylation is 4. The highest BCUT2D eigenvalue weighted by Crippen LogP contribution is 2.27. The van der Waals surface area contributed by atoms with Gasteiger partial charge in [0.05, 0.1) is 17.1 Å². The van der Waals surface area contributed by atoms with Crippen LogP contribution in [0.4, 0.5) is 11.4 Å². The monoisotopic (exact) mass is 975 g/mol. The van der Waals surface area contributed by atoms with Gasteiger partial charge in [0.25, 0.3) is 0 Å². The van der Waals surface area contributed by atoms with Gasteiger partial charge in [0, 0.05) is 6.42 Å². The van der Waals surface area contributed by atoms with Crippen LogP contribution < -0.4 is 0 Å². The van der Waals surface area contributed by atoms with E-state index in [4.69, 9.17) is 9.98 Å². The average molecular weight is 976 g/mol. The third-order valence-corrected chi connectivity index (χ3v) is 15.2. The molecule has 0 fully saturated rings. The molecule has 0 N–H and O–H groups in total. The molecule has 0 heterocycles. The number of unbranched alkanes of at least 4 members (excludes halogenated alkanes) is 36. The van der Waals surface area contributed by atoms with Crippen LogP contribution in [0, 0.1) is 11.8 Å². The van der Waals surface area contributed by atoms with E-state index in [2.05, 4.69) is 89.8 Å². The van der Waals surface area contributed by atoms with Crippen LogP contribution in [0.3, 0.4) is 0 Å². The van der Waals surface area contributed by atoms with E-state index in [1.807, 2.05) is 0 Å². The molecule has 0 aliphatic carbocycles. The van der Waals surface area contributed by atoms with Crippen molar-refractivity contribution in [1.82, 2.24) is 0 Å². The molecular formula is C69H118N2. The van der Waals surface area contributed by atoms with Crippen LogP contribution in [0.1, 0.15) is 340 Å². The fourth-order valence-corrected chi connectivity index (χ4v) is 10.5. The second kappa shape index (κ2) is 48.3. The zero-order valence-corrected chi connectivity index (χ0v) is 48.6. The van der Waals surface area contributed by atoms with Gasteiger partial charge in [-0.05, 0) is 123 Å². The first-order valence-electron chi connectivity index (χ1n) is 32.0. The minimum atomic E-state index is 0.897. The van der Waals surface area contributed by atoms with Gasteiger partial charge in [-0.15, -0.1) is 0 Å². The first kappa shape index (κ1) is 64.5. The SMILES string of the molecule is CCCCCCCCCCCCCCCCCCCCCCCCCCCCC#CC(=Nc1ccc(CCCCC)c(CCCCC)c1)C(CCCCC)=Nc1ccc(CCCCC)c(CCCCC)c1. The Kier molecular flexibility index (Phi) is 43.8. The zero-order valence-electron chi connectivity index (χ0n) is 48.6. The molecule has 0 atom stereocenters. The van der Waals surface area contributed by atoms with Gasteiger partial charge in [0.2, 0.25) is 0 Å². The fourth-order valence-electron chi connectivity index (χ4n) is 10.5. The number of hydrogen-bond donors (Lipinski definition) is 0. The van der Waals surface area contributed by atoms with Crippen LogP contribution >= 0.6 is 0 Å². The lowest BCUT2D eigenvalue weighted by molar-refractivity contribution is 0.515. The molecule has 0 saturated heterocycles. The van der Waals surface area contributed by atoms with Crippen molar-refractivity contribution < 1.29 is 0 Å². The molecule has 0 spiro atoms. The molecule has 71 heavy (non-hydrogen) atoms. The van der Waals surface area contributed by atoms with Gasteiger partial charge in [-0.2, -0.15) is 0 Å². The van der Waals surface area contributed by atoms with Gasteiger partial charge in [-0.3, -0.25) is 4.99 Å². The van der Waals surface area contributed by atoms with E-state index in [-0.39, 0.29) is 0 Å². The summed E-state index contributed by atoms with van der Waals surface area (Å²) >= 11 is 0. The topological polar surface area (TPSA) is 24.7 Å². The van der Waals surface area contributed by atoms with E-state index in [0.29, 0.717) is 0 Å². The quantitative estimate of drug-likeness (QED) is 0.0359. The zero-order chi connectivity index (χ0) is 50.9. The highest BCUT2D eigenvalue weighted by atomic mass is 14.8. The number of benzene rings is 2. The summed E-state index contributed by atoms with van der Waals surface area (Å²) in [5.41, 5.74) is 10.2. The molecule has 0 saturated carbocycles. The first-order chi connectivity index (χ1) is 35.1. The highest BCUT2D eigenvalue weighted by Gasteiger charge is 2.12. The summed E-state index contributed by atoms with van der Waals surface area (Å²) in [5.74, 6) is 7.34. The molecule has 2 rings (SSSR count). The maximum atomic E-state index is 5.50. The molecule has 0 aliphatic heterocycles. The minimum Gasteiger partial charge on any atom is -0.251 e. The Balaban J connectivity index is 1.96. The number of rotatable bonds is 49. The van der Waals surface area contributed by atoms with Gasteiger partial charge in [0.1, 0.15) is 5.71 Å². The van der Waals surface area contributed by atoms with Crippen LogP contribution in [-0.4, -0.2) is 11.4 Å². The van der Waals surface area contributed by atoms with Crippen LogP contribution in [-0.2, 0) is 25.7 Å². The number of aliphatic imine (C=N–C) groups is 2. The van der Waals surface area contributed by atoms with Crippen LogP contribution in [0.2, 0.25) is 0 Å². The average Bonchev–Trinajstić information content (AvgIpc) is 3.38. The van der Waals surface area contributed by atoms with Crippen molar-refractivity contribution in [2.75, 3.05) is 0 Å². The summed E-state index contributed by atoms with van der Waals surface area (Å²) in [7, 11) is 0. The highest BCUT2D eigenvalue weighted by molar-refractivity contribution is 6.49. The molecule has 2 aromatic rings. The molecule has 0 unspecified atom stereocenters. The summed E-state index contributed by atoms with van der Waals surface area (Å²) in [6, 6.07) is 14.2. The number of hydrogen-bond acceptors (Lipinski definition) is 2. The van der Waals surface area contributed by atoms with Gasteiger partial charge in [-0.25, -0.2) is 4.99 Å². The van der Waals surface area contributed by atoms with Gasteiger partial charge in [0.15, 0.2) is 0 Å². The standard InChI is InChI=1S/C69H118N2/c1-7-13-19-20-21-22-23-24-25-26-27-28-29-30-31-32-33-34-35-36-37-38-39-40-41-42-43-49-55-69(71-67-59-57-63(51-45-15-9-3)65(61-67)53-47-17-11-5)68(54-48-18-12-6)70-66-58-56-62(50-44-14-8-2)64(60-66)52-46-16-10-4/h56-61H,7-48,50-54H2,1-6H3. The Bertz CT molecular complexity index is 1630. The third kappa shape index (κ3) is 35.2. The lowest BCUT2D eigenvalue weighted by Crippen LogP contribution is -2.12. The predicted octanol–water partition coefficient (Wildman–Crippen LogP) is 23.6. The fraction of sp³-hybridized carbons (Fsp3) is 0.768. The Morgan fingerprint density at radius 1 is 0.310 bits per heavy atom. The summed E-state index contributed by atoms with van der Waals surface area (Å²) in [6.07, 6.45) is 62.4. The van der Waals surface area contributed by atoms with Crippen LogP contribution in [0.15, 0.2) is 46.4 Å². The molecule has 0 amide bonds. The van der Waals surface area contributed by atoms with Crippen molar-refractivity contribution in [3.63, 3.8) is 0 Å². The lowest BCUT2D eigenvalue weighted by Gasteiger charge is -2.13. The summed E-state index contributed by atoms with van der Waals surface area (Å²) in [6.45, 7) is 13.9. The van der Waals surface area contributed by atoms with Crippen molar-refractivity contribution in [1.29, 1.82) is 0 Å². The van der Waals surface area contributed by atoms with Crippen molar-refractivity contribution in [2.24, 2.45) is 9.98 Å². The molecule has 2 nitrogen and oxygen atoms in total. The van der Waals surface area contributed by atoms with Crippen molar-refractivity contribution in [3.8, 4) is 11.8 Å². The molecule has 0 bridgehead atoms. The molecule has 0 aromatic heterocycles. The van der Waals surface area contributed by atoms with E-state index in [1.165, 1.54) is 292 Å². The molecular weight excluding hydrogens is 857 g/mol. The largest absolute Gasteiger partial charge is 0.251 e. The normalized spacial score (nSPS) is 12.0.